The highest BCUT2D eigenvalue weighted by Crippen LogP contribution is 2.15. The summed E-state index contributed by atoms with van der Waals surface area (Å²) < 4.78 is 1.98. The third-order valence-electron chi connectivity index (χ3n) is 4.57. The first-order chi connectivity index (χ1) is 11.7. The Kier molecular flexibility index (Phi) is 7.84. The van der Waals surface area contributed by atoms with E-state index in [1.807, 2.05) is 30.3 Å². The number of hydrogen-bond acceptors (Lipinski definition) is 5. The highest BCUT2D eigenvalue weighted by molar-refractivity contribution is 7.98. The van der Waals surface area contributed by atoms with Crippen LogP contribution in [0.5, 0.6) is 0 Å². The van der Waals surface area contributed by atoms with Gasteiger partial charge in [-0.2, -0.15) is 11.8 Å². The molecule has 8 heteroatoms. The number of likely N-dealkylation sites (tertiary alicyclic amines) is 1. The SMILES string of the molecule is CCN1CCCC1CNC(=NCc1nnc(C)n1C)NCCSC. The molecule has 1 aliphatic rings. The van der Waals surface area contributed by atoms with Crippen molar-refractivity contribution in [1.82, 2.24) is 30.3 Å². The van der Waals surface area contributed by atoms with Gasteiger partial charge in [0.15, 0.2) is 11.8 Å². The van der Waals surface area contributed by atoms with Gasteiger partial charge in [0.2, 0.25) is 0 Å². The lowest BCUT2D eigenvalue weighted by atomic mass is 10.2. The van der Waals surface area contributed by atoms with Crippen LogP contribution in [-0.4, -0.2) is 69.9 Å². The van der Waals surface area contributed by atoms with Crippen LogP contribution in [0.4, 0.5) is 0 Å². The van der Waals surface area contributed by atoms with Crippen LogP contribution in [0.15, 0.2) is 4.99 Å². The molecule has 2 rings (SSSR count). The predicted molar refractivity (Wildman–Crippen MR) is 102 cm³/mol. The Balaban J connectivity index is 1.92. The molecule has 0 saturated carbocycles. The van der Waals surface area contributed by atoms with Crippen molar-refractivity contribution >= 4 is 17.7 Å². The second-order valence-electron chi connectivity index (χ2n) is 6.11. The van der Waals surface area contributed by atoms with Crippen LogP contribution in [0.3, 0.4) is 0 Å². The Morgan fingerprint density at radius 3 is 2.88 bits per heavy atom. The van der Waals surface area contributed by atoms with Crippen molar-refractivity contribution in [1.29, 1.82) is 0 Å². The minimum absolute atomic E-state index is 0.536. The summed E-state index contributed by atoms with van der Waals surface area (Å²) in [5.74, 6) is 3.73. The summed E-state index contributed by atoms with van der Waals surface area (Å²) >= 11 is 1.83. The van der Waals surface area contributed by atoms with Crippen molar-refractivity contribution in [3.8, 4) is 0 Å². The summed E-state index contributed by atoms with van der Waals surface area (Å²) in [6.07, 6.45) is 4.68. The topological polar surface area (TPSA) is 70.4 Å². The van der Waals surface area contributed by atoms with Crippen molar-refractivity contribution in [2.75, 3.05) is 38.2 Å². The maximum atomic E-state index is 4.70. The summed E-state index contributed by atoms with van der Waals surface area (Å²) in [6.45, 7) is 8.91. The zero-order valence-electron chi connectivity index (χ0n) is 15.4. The first kappa shape index (κ1) is 19.1. The molecule has 24 heavy (non-hydrogen) atoms. The van der Waals surface area contributed by atoms with Crippen molar-refractivity contribution < 1.29 is 0 Å². The Hall–Kier alpha value is -1.28. The largest absolute Gasteiger partial charge is 0.356 e. The number of aliphatic imine (C=N–C) groups is 1. The van der Waals surface area contributed by atoms with Crippen LogP contribution in [0, 0.1) is 6.92 Å². The number of aromatic nitrogens is 3. The molecule has 1 saturated heterocycles. The third kappa shape index (κ3) is 5.37. The Morgan fingerprint density at radius 2 is 2.21 bits per heavy atom. The lowest BCUT2D eigenvalue weighted by Crippen LogP contribution is -2.45. The van der Waals surface area contributed by atoms with Crippen molar-refractivity contribution in [2.24, 2.45) is 12.0 Å². The molecule has 1 atom stereocenters. The average Bonchev–Trinajstić information content (AvgIpc) is 3.17. The zero-order chi connectivity index (χ0) is 17.4. The molecular formula is C16H31N7S. The summed E-state index contributed by atoms with van der Waals surface area (Å²) in [5.41, 5.74) is 0. The van der Waals surface area contributed by atoms with Crippen molar-refractivity contribution in [2.45, 2.75) is 39.3 Å². The average molecular weight is 354 g/mol. The van der Waals surface area contributed by atoms with E-state index in [9.17, 15) is 0 Å². The lowest BCUT2D eigenvalue weighted by Gasteiger charge is -2.24. The van der Waals surface area contributed by atoms with Gasteiger partial charge < -0.3 is 15.2 Å². The fourth-order valence-electron chi connectivity index (χ4n) is 2.94. The van der Waals surface area contributed by atoms with E-state index in [-0.39, 0.29) is 0 Å². The maximum absolute atomic E-state index is 4.70. The number of nitrogens with zero attached hydrogens (tertiary/aromatic N) is 5. The van der Waals surface area contributed by atoms with Crippen LogP contribution in [0.2, 0.25) is 0 Å². The van der Waals surface area contributed by atoms with Crippen LogP contribution < -0.4 is 10.6 Å². The molecule has 1 fully saturated rings. The Bertz CT molecular complexity index is 528. The van der Waals surface area contributed by atoms with Gasteiger partial charge in [-0.05, 0) is 39.1 Å². The molecule has 1 aliphatic heterocycles. The van der Waals surface area contributed by atoms with Gasteiger partial charge in [-0.1, -0.05) is 6.92 Å². The molecule has 2 heterocycles. The summed E-state index contributed by atoms with van der Waals surface area (Å²) in [4.78, 5) is 7.24. The molecule has 0 radical (unpaired) electrons. The lowest BCUT2D eigenvalue weighted by molar-refractivity contribution is 0.267. The predicted octanol–water partition coefficient (Wildman–Crippen LogP) is 1.01. The van der Waals surface area contributed by atoms with Gasteiger partial charge >= 0.3 is 0 Å². The highest BCUT2D eigenvalue weighted by Gasteiger charge is 2.22. The van der Waals surface area contributed by atoms with E-state index >= 15 is 0 Å². The molecule has 0 bridgehead atoms. The van der Waals surface area contributed by atoms with E-state index in [4.69, 9.17) is 4.99 Å². The smallest absolute Gasteiger partial charge is 0.191 e. The maximum Gasteiger partial charge on any atom is 0.191 e. The molecule has 0 amide bonds. The molecule has 7 nitrogen and oxygen atoms in total. The van der Waals surface area contributed by atoms with Crippen LogP contribution in [-0.2, 0) is 13.6 Å². The van der Waals surface area contributed by atoms with E-state index in [0.29, 0.717) is 12.6 Å². The molecule has 1 aromatic heterocycles. The van der Waals surface area contributed by atoms with Gasteiger partial charge in [0, 0.05) is 31.9 Å². The standard InChI is InChI=1S/C16H31N7S/c1-5-23-9-6-7-14(23)11-18-16(17-8-10-24-4)19-12-15-21-20-13(2)22(15)3/h14H,5-12H2,1-4H3,(H2,17,18,19). The normalized spacial score (nSPS) is 19.0. The number of thioether (sulfide) groups is 1. The van der Waals surface area contributed by atoms with E-state index in [0.717, 1.165) is 43.0 Å². The van der Waals surface area contributed by atoms with E-state index < -0.39 is 0 Å². The van der Waals surface area contributed by atoms with Gasteiger partial charge in [0.25, 0.3) is 0 Å². The molecule has 1 aromatic rings. The molecule has 136 valence electrons. The van der Waals surface area contributed by atoms with Gasteiger partial charge in [-0.3, -0.25) is 4.90 Å². The number of aryl methyl sites for hydroxylation is 1. The third-order valence-corrected chi connectivity index (χ3v) is 5.18. The molecular weight excluding hydrogens is 322 g/mol. The Labute approximate surface area is 149 Å². The summed E-state index contributed by atoms with van der Waals surface area (Å²) in [6, 6.07) is 0.611. The van der Waals surface area contributed by atoms with Gasteiger partial charge in [0.05, 0.1) is 0 Å². The first-order valence-corrected chi connectivity index (χ1v) is 10.1. The monoisotopic (exact) mass is 353 g/mol. The summed E-state index contributed by atoms with van der Waals surface area (Å²) in [5, 5.41) is 15.2. The van der Waals surface area contributed by atoms with Gasteiger partial charge in [-0.15, -0.1) is 10.2 Å². The quantitative estimate of drug-likeness (QED) is 0.413. The number of rotatable bonds is 8. The van der Waals surface area contributed by atoms with Crippen LogP contribution in [0.1, 0.15) is 31.4 Å². The number of nitrogens with one attached hydrogen (secondary N) is 2. The number of hydrogen-bond donors (Lipinski definition) is 2. The number of likely N-dealkylation sites (N-methyl/N-ethyl adjacent to an activating group) is 1. The fraction of sp³-hybridized carbons (Fsp3) is 0.812. The second-order valence-corrected chi connectivity index (χ2v) is 7.10. The number of guanidine groups is 1. The van der Waals surface area contributed by atoms with E-state index in [1.165, 1.54) is 19.4 Å². The highest BCUT2D eigenvalue weighted by atomic mass is 32.2. The van der Waals surface area contributed by atoms with Gasteiger partial charge in [0.1, 0.15) is 12.4 Å². The minimum atomic E-state index is 0.536. The summed E-state index contributed by atoms with van der Waals surface area (Å²) in [7, 11) is 1.98. The van der Waals surface area contributed by atoms with E-state index in [2.05, 4.69) is 38.9 Å². The van der Waals surface area contributed by atoms with Crippen molar-refractivity contribution in [3.05, 3.63) is 11.6 Å². The second kappa shape index (κ2) is 9.88. The molecule has 0 spiro atoms. The fourth-order valence-corrected chi connectivity index (χ4v) is 3.25. The van der Waals surface area contributed by atoms with E-state index in [1.54, 1.807) is 0 Å². The van der Waals surface area contributed by atoms with Crippen LogP contribution >= 0.6 is 11.8 Å². The van der Waals surface area contributed by atoms with Gasteiger partial charge in [-0.25, -0.2) is 4.99 Å². The zero-order valence-corrected chi connectivity index (χ0v) is 16.2. The molecule has 1 unspecified atom stereocenters. The minimum Gasteiger partial charge on any atom is -0.356 e. The Morgan fingerprint density at radius 1 is 1.38 bits per heavy atom. The molecule has 0 aliphatic carbocycles. The first-order valence-electron chi connectivity index (χ1n) is 8.75. The van der Waals surface area contributed by atoms with Crippen LogP contribution in [0.25, 0.3) is 0 Å². The molecule has 2 N–H and O–H groups in total. The van der Waals surface area contributed by atoms with Crippen molar-refractivity contribution in [3.63, 3.8) is 0 Å². The molecule has 0 aromatic carbocycles.